The monoisotopic (exact) mass is 227 g/mol. The van der Waals surface area contributed by atoms with Crippen molar-refractivity contribution in [2.45, 2.75) is 51.1 Å². The van der Waals surface area contributed by atoms with Gasteiger partial charge in [-0.2, -0.15) is 5.10 Å². The van der Waals surface area contributed by atoms with Crippen LogP contribution in [0.2, 0.25) is 0 Å². The van der Waals surface area contributed by atoms with Crippen LogP contribution in [0, 0.1) is 0 Å². The van der Waals surface area contributed by atoms with Gasteiger partial charge in [-0.25, -0.2) is 4.68 Å². The molecule has 0 radical (unpaired) electrons. The first-order valence-corrected chi connectivity index (χ1v) is 6.69. The maximum Gasteiger partial charge on any atom is 0.123 e. The third-order valence-electron chi connectivity index (χ3n) is 2.48. The Labute approximate surface area is 96.4 Å². The van der Waals surface area contributed by atoms with Crippen molar-refractivity contribution in [2.24, 2.45) is 0 Å². The third-order valence-corrected chi connectivity index (χ3v) is 3.59. The molecule has 0 aliphatic rings. The highest BCUT2D eigenvalue weighted by molar-refractivity contribution is 7.99. The van der Waals surface area contributed by atoms with Crippen LogP contribution in [0.3, 0.4) is 0 Å². The molecular formula is C11H21N3S. The van der Waals surface area contributed by atoms with E-state index in [4.69, 9.17) is 5.73 Å². The summed E-state index contributed by atoms with van der Waals surface area (Å²) in [6.45, 7) is 6.52. The summed E-state index contributed by atoms with van der Waals surface area (Å²) in [7, 11) is 0. The molecule has 0 fully saturated rings. The van der Waals surface area contributed by atoms with Crippen LogP contribution in [0.15, 0.2) is 11.1 Å². The van der Waals surface area contributed by atoms with Gasteiger partial charge < -0.3 is 5.73 Å². The fourth-order valence-corrected chi connectivity index (χ4v) is 2.35. The van der Waals surface area contributed by atoms with Gasteiger partial charge in [-0.1, -0.05) is 20.8 Å². The van der Waals surface area contributed by atoms with Crippen molar-refractivity contribution in [1.29, 1.82) is 0 Å². The lowest BCUT2D eigenvalue weighted by atomic mass is 10.2. The Morgan fingerprint density at radius 2 is 2.07 bits per heavy atom. The predicted octanol–water partition coefficient (Wildman–Crippen LogP) is 3.33. The van der Waals surface area contributed by atoms with Gasteiger partial charge in [0.2, 0.25) is 0 Å². The number of nitrogens with zero attached hydrogens (tertiary/aromatic N) is 2. The van der Waals surface area contributed by atoms with Crippen LogP contribution < -0.4 is 5.73 Å². The number of anilines is 1. The lowest BCUT2D eigenvalue weighted by Gasteiger charge is -2.14. The quantitative estimate of drug-likeness (QED) is 0.758. The lowest BCUT2D eigenvalue weighted by Crippen LogP contribution is -2.11. The topological polar surface area (TPSA) is 43.8 Å². The minimum atomic E-state index is 0.445. The minimum Gasteiger partial charge on any atom is -0.384 e. The van der Waals surface area contributed by atoms with Gasteiger partial charge in [-0.3, -0.25) is 0 Å². The van der Waals surface area contributed by atoms with Gasteiger partial charge in [0.25, 0.3) is 0 Å². The van der Waals surface area contributed by atoms with E-state index in [9.17, 15) is 0 Å². The molecule has 15 heavy (non-hydrogen) atoms. The highest BCUT2D eigenvalue weighted by Crippen LogP contribution is 2.25. The summed E-state index contributed by atoms with van der Waals surface area (Å²) < 4.78 is 1.97. The molecule has 1 rings (SSSR count). The standard InChI is InChI=1S/C11H21N3S/c1-4-7-15-11-8-10(12)14(13-11)9(5-2)6-3/h8-9H,4-7,12H2,1-3H3. The molecule has 1 heterocycles. The highest BCUT2D eigenvalue weighted by Gasteiger charge is 2.12. The Morgan fingerprint density at radius 3 is 2.60 bits per heavy atom. The van der Waals surface area contributed by atoms with Crippen molar-refractivity contribution in [3.05, 3.63) is 6.07 Å². The van der Waals surface area contributed by atoms with Crippen molar-refractivity contribution in [1.82, 2.24) is 9.78 Å². The third kappa shape index (κ3) is 3.16. The van der Waals surface area contributed by atoms with Crippen molar-refractivity contribution in [3.8, 4) is 0 Å². The maximum atomic E-state index is 5.95. The summed E-state index contributed by atoms with van der Waals surface area (Å²) in [6.07, 6.45) is 3.34. The Morgan fingerprint density at radius 1 is 1.40 bits per heavy atom. The second kappa shape index (κ2) is 6.05. The molecular weight excluding hydrogens is 206 g/mol. The van der Waals surface area contributed by atoms with Crippen LogP contribution in [0.4, 0.5) is 5.82 Å². The number of hydrogen-bond donors (Lipinski definition) is 1. The van der Waals surface area contributed by atoms with E-state index >= 15 is 0 Å². The Hall–Kier alpha value is -0.640. The molecule has 86 valence electrons. The molecule has 0 atom stereocenters. The molecule has 2 N–H and O–H groups in total. The molecule has 0 saturated heterocycles. The van der Waals surface area contributed by atoms with Crippen LogP contribution in [0.1, 0.15) is 46.1 Å². The molecule has 1 aromatic rings. The molecule has 0 aliphatic carbocycles. The Bertz CT molecular complexity index is 292. The summed E-state index contributed by atoms with van der Waals surface area (Å²) in [4.78, 5) is 0. The van der Waals surface area contributed by atoms with Gasteiger partial charge in [0.1, 0.15) is 10.8 Å². The van der Waals surface area contributed by atoms with Gasteiger partial charge in [0.05, 0.1) is 6.04 Å². The van der Waals surface area contributed by atoms with Gasteiger partial charge in [0.15, 0.2) is 0 Å². The van der Waals surface area contributed by atoms with Crippen molar-refractivity contribution in [3.63, 3.8) is 0 Å². The molecule has 3 nitrogen and oxygen atoms in total. The van der Waals surface area contributed by atoms with Crippen molar-refractivity contribution < 1.29 is 0 Å². The number of hydrogen-bond acceptors (Lipinski definition) is 3. The van der Waals surface area contributed by atoms with Crippen LogP contribution >= 0.6 is 11.8 Å². The van der Waals surface area contributed by atoms with E-state index in [1.807, 2.05) is 10.7 Å². The van der Waals surface area contributed by atoms with E-state index in [2.05, 4.69) is 25.9 Å². The molecule has 0 amide bonds. The molecule has 1 aromatic heterocycles. The van der Waals surface area contributed by atoms with Gasteiger partial charge in [0, 0.05) is 6.07 Å². The minimum absolute atomic E-state index is 0.445. The van der Waals surface area contributed by atoms with Crippen molar-refractivity contribution in [2.75, 3.05) is 11.5 Å². The average molecular weight is 227 g/mol. The number of nitrogen functional groups attached to an aromatic ring is 1. The van der Waals surface area contributed by atoms with Crippen LogP contribution in [0.5, 0.6) is 0 Å². The zero-order valence-electron chi connectivity index (χ0n) is 9.86. The van der Waals surface area contributed by atoms with E-state index in [0.29, 0.717) is 6.04 Å². The maximum absolute atomic E-state index is 5.95. The fraction of sp³-hybridized carbons (Fsp3) is 0.727. The van der Waals surface area contributed by atoms with E-state index in [-0.39, 0.29) is 0 Å². The number of aromatic nitrogens is 2. The largest absolute Gasteiger partial charge is 0.384 e. The first-order chi connectivity index (χ1) is 7.22. The van der Waals surface area contributed by atoms with E-state index < -0.39 is 0 Å². The summed E-state index contributed by atoms with van der Waals surface area (Å²) in [5, 5.41) is 5.60. The van der Waals surface area contributed by atoms with E-state index in [0.717, 1.165) is 29.4 Å². The summed E-state index contributed by atoms with van der Waals surface area (Å²) in [5.41, 5.74) is 5.95. The summed E-state index contributed by atoms with van der Waals surface area (Å²) in [6, 6.07) is 2.43. The second-order valence-electron chi connectivity index (χ2n) is 3.67. The molecule has 0 bridgehead atoms. The summed E-state index contributed by atoms with van der Waals surface area (Å²) in [5.74, 6) is 1.90. The average Bonchev–Trinajstić information content (AvgIpc) is 2.59. The van der Waals surface area contributed by atoms with E-state index in [1.54, 1.807) is 11.8 Å². The Balaban J connectivity index is 2.75. The Kier molecular flexibility index (Phi) is 5.02. The molecule has 0 aliphatic heterocycles. The second-order valence-corrected chi connectivity index (χ2v) is 4.79. The van der Waals surface area contributed by atoms with Gasteiger partial charge in [-0.15, -0.1) is 11.8 Å². The smallest absolute Gasteiger partial charge is 0.123 e. The first-order valence-electron chi connectivity index (χ1n) is 5.70. The molecule has 0 unspecified atom stereocenters. The number of rotatable bonds is 6. The van der Waals surface area contributed by atoms with Gasteiger partial charge in [-0.05, 0) is 25.0 Å². The first kappa shape index (κ1) is 12.4. The zero-order valence-corrected chi connectivity index (χ0v) is 10.7. The molecule has 0 saturated carbocycles. The SMILES string of the molecule is CCCSc1cc(N)n(C(CC)CC)n1. The molecule has 4 heteroatoms. The van der Waals surface area contributed by atoms with Crippen LogP contribution in [-0.4, -0.2) is 15.5 Å². The van der Waals surface area contributed by atoms with Gasteiger partial charge >= 0.3 is 0 Å². The molecule has 0 spiro atoms. The zero-order chi connectivity index (χ0) is 11.3. The van der Waals surface area contributed by atoms with Crippen LogP contribution in [-0.2, 0) is 0 Å². The van der Waals surface area contributed by atoms with Crippen LogP contribution in [0.25, 0.3) is 0 Å². The van der Waals surface area contributed by atoms with E-state index in [1.165, 1.54) is 6.42 Å². The summed E-state index contributed by atoms with van der Waals surface area (Å²) >= 11 is 1.78. The molecule has 0 aromatic carbocycles. The number of nitrogens with two attached hydrogens (primary N) is 1. The normalized spacial score (nSPS) is 11.2. The van der Waals surface area contributed by atoms with Crippen molar-refractivity contribution >= 4 is 17.6 Å². The number of thioether (sulfide) groups is 1. The lowest BCUT2D eigenvalue weighted by molar-refractivity contribution is 0.428. The highest BCUT2D eigenvalue weighted by atomic mass is 32.2. The predicted molar refractivity (Wildman–Crippen MR) is 67.3 cm³/mol. The fourth-order valence-electron chi connectivity index (χ4n) is 1.59.